The van der Waals surface area contributed by atoms with Crippen LogP contribution < -0.4 is 9.62 Å². The Hall–Kier alpha value is -2.09. The monoisotopic (exact) mass is 365 g/mol. The van der Waals surface area contributed by atoms with E-state index in [2.05, 4.69) is 4.72 Å². The molecule has 2 atom stereocenters. The second kappa shape index (κ2) is 6.33. The number of hydrogen-bond donors (Lipinski definition) is 1. The molecular weight excluding hydrogens is 342 g/mol. The molecule has 0 unspecified atom stereocenters. The van der Waals surface area contributed by atoms with E-state index >= 15 is 0 Å². The first kappa shape index (κ1) is 17.7. The highest BCUT2D eigenvalue weighted by atomic mass is 32.2. The topological polar surface area (TPSA) is 86.8 Å². The smallest absolute Gasteiger partial charge is 0.264 e. The largest absolute Gasteiger partial charge is 0.374 e. The minimum absolute atomic E-state index is 0.0736. The molecule has 1 aromatic rings. The number of rotatable bonds is 4. The Balaban J connectivity index is 1.74. The Bertz CT molecular complexity index is 819. The highest BCUT2D eigenvalue weighted by molar-refractivity contribution is 7.90. The summed E-state index contributed by atoms with van der Waals surface area (Å²) in [6, 6.07) is 4.95. The lowest BCUT2D eigenvalue weighted by atomic mass is 10.0. The van der Waals surface area contributed by atoms with Gasteiger partial charge in [-0.3, -0.25) is 9.59 Å². The molecule has 1 aliphatic heterocycles. The molecule has 2 amide bonds. The zero-order valence-corrected chi connectivity index (χ0v) is 15.5. The van der Waals surface area contributed by atoms with Crippen molar-refractivity contribution in [1.29, 1.82) is 0 Å². The third kappa shape index (κ3) is 3.49. The lowest BCUT2D eigenvalue weighted by Gasteiger charge is -2.27. The quantitative estimate of drug-likeness (QED) is 0.844. The van der Waals surface area contributed by atoms with Gasteiger partial charge in [-0.1, -0.05) is 6.07 Å². The number of hydrogen-bond acceptors (Lipinski definition) is 5. The van der Waals surface area contributed by atoms with Crippen molar-refractivity contribution in [3.05, 3.63) is 23.8 Å². The molecule has 1 aliphatic carbocycles. The summed E-state index contributed by atoms with van der Waals surface area (Å²) in [4.78, 5) is 27.6. The average Bonchev–Trinajstić information content (AvgIpc) is 3.34. The summed E-state index contributed by atoms with van der Waals surface area (Å²) in [5, 5.41) is 0. The van der Waals surface area contributed by atoms with Crippen LogP contribution in [-0.4, -0.2) is 52.8 Å². The van der Waals surface area contributed by atoms with Crippen molar-refractivity contribution in [3.8, 4) is 0 Å². The lowest BCUT2D eigenvalue weighted by Crippen LogP contribution is -2.34. The summed E-state index contributed by atoms with van der Waals surface area (Å²) in [6.45, 7) is 0.874. The van der Waals surface area contributed by atoms with Crippen LogP contribution in [0.1, 0.15) is 18.4 Å². The van der Waals surface area contributed by atoms with Gasteiger partial charge in [0.2, 0.25) is 11.8 Å². The van der Waals surface area contributed by atoms with Crippen LogP contribution in [0, 0.1) is 11.8 Å². The van der Waals surface area contributed by atoms with E-state index in [1.54, 1.807) is 26.2 Å². The molecule has 0 spiro atoms. The zero-order chi connectivity index (χ0) is 18.4. The van der Waals surface area contributed by atoms with E-state index in [1.165, 1.54) is 11.0 Å². The number of aryl methyl sites for hydroxylation is 1. The maximum Gasteiger partial charge on any atom is 0.264 e. The lowest BCUT2D eigenvalue weighted by molar-refractivity contribution is -0.132. The fraction of sp³-hybridized carbons (Fsp3) is 0.529. The van der Waals surface area contributed by atoms with Crippen LogP contribution in [-0.2, 0) is 26.0 Å². The van der Waals surface area contributed by atoms with E-state index in [9.17, 15) is 18.0 Å². The molecule has 7 nitrogen and oxygen atoms in total. The van der Waals surface area contributed by atoms with Gasteiger partial charge >= 0.3 is 0 Å². The highest BCUT2D eigenvalue weighted by Gasteiger charge is 2.49. The van der Waals surface area contributed by atoms with Crippen LogP contribution in [0.3, 0.4) is 0 Å². The second-order valence-corrected chi connectivity index (χ2v) is 8.65. The van der Waals surface area contributed by atoms with Crippen molar-refractivity contribution in [1.82, 2.24) is 9.62 Å². The van der Waals surface area contributed by atoms with Crippen LogP contribution in [0.4, 0.5) is 5.69 Å². The molecule has 3 rings (SSSR count). The van der Waals surface area contributed by atoms with Gasteiger partial charge < -0.3 is 9.80 Å². The number of nitrogens with one attached hydrogen (secondary N) is 1. The van der Waals surface area contributed by atoms with E-state index in [0.717, 1.165) is 30.6 Å². The minimum Gasteiger partial charge on any atom is -0.374 e. The summed E-state index contributed by atoms with van der Waals surface area (Å²) in [5.74, 6) is -1.73. The Labute approximate surface area is 148 Å². The molecule has 0 radical (unpaired) electrons. The predicted molar refractivity (Wildman–Crippen MR) is 93.7 cm³/mol. The molecule has 0 saturated heterocycles. The maximum atomic E-state index is 12.5. The normalized spacial score (nSPS) is 22.1. The summed E-state index contributed by atoms with van der Waals surface area (Å²) in [7, 11) is 1.23. The molecule has 136 valence electrons. The molecule has 1 aromatic carbocycles. The molecular formula is C17H23N3O4S. The summed E-state index contributed by atoms with van der Waals surface area (Å²) < 4.78 is 27.2. The van der Waals surface area contributed by atoms with Crippen molar-refractivity contribution >= 4 is 27.5 Å². The zero-order valence-electron chi connectivity index (χ0n) is 14.7. The first-order chi connectivity index (χ1) is 11.7. The highest BCUT2D eigenvalue weighted by Crippen LogP contribution is 2.40. The van der Waals surface area contributed by atoms with E-state index in [4.69, 9.17) is 0 Å². The Kier molecular flexibility index (Phi) is 4.49. The fourth-order valence-electron chi connectivity index (χ4n) is 3.26. The number of carbonyl (C=O) groups excluding carboxylic acids is 2. The second-order valence-electron chi connectivity index (χ2n) is 6.97. The van der Waals surface area contributed by atoms with E-state index in [0.29, 0.717) is 6.42 Å². The van der Waals surface area contributed by atoms with Gasteiger partial charge in [0.05, 0.1) is 16.7 Å². The number of nitrogens with zero attached hydrogens (tertiary/aromatic N) is 2. The summed E-state index contributed by atoms with van der Waals surface area (Å²) >= 11 is 0. The van der Waals surface area contributed by atoms with Gasteiger partial charge in [-0.05, 0) is 37.0 Å². The summed E-state index contributed by atoms with van der Waals surface area (Å²) in [6.07, 6.45) is 2.35. The summed E-state index contributed by atoms with van der Waals surface area (Å²) in [5.41, 5.74) is 1.99. The van der Waals surface area contributed by atoms with Crippen LogP contribution in [0.25, 0.3) is 0 Å². The predicted octanol–water partition coefficient (Wildman–Crippen LogP) is 0.598. The van der Waals surface area contributed by atoms with Crippen molar-refractivity contribution < 1.29 is 18.0 Å². The van der Waals surface area contributed by atoms with Crippen LogP contribution in [0.5, 0.6) is 0 Å². The molecule has 8 heteroatoms. The standard InChI is InChI=1S/C17H23N3O4S/c1-19(2)17(22)14-10-13(14)16(21)18-25(23,24)12-7-6-11-5-4-8-20(3)15(11)9-12/h6-7,9,13-14H,4-5,8,10H2,1-3H3,(H,18,21)/t13-,14+/m0/s1. The molecule has 1 N–H and O–H groups in total. The number of sulfonamides is 1. The Morgan fingerprint density at radius 3 is 2.64 bits per heavy atom. The molecule has 1 saturated carbocycles. The van der Waals surface area contributed by atoms with Gasteiger partial charge in [0.1, 0.15) is 0 Å². The number of carbonyl (C=O) groups is 2. The van der Waals surface area contributed by atoms with Crippen molar-refractivity contribution in [2.45, 2.75) is 24.2 Å². The van der Waals surface area contributed by atoms with Crippen molar-refractivity contribution in [2.24, 2.45) is 11.8 Å². The van der Waals surface area contributed by atoms with Gasteiger partial charge in [0, 0.05) is 33.4 Å². The van der Waals surface area contributed by atoms with Gasteiger partial charge in [-0.25, -0.2) is 13.1 Å². The maximum absolute atomic E-state index is 12.5. The SMILES string of the molecule is CN(C)C(=O)[C@@H]1C[C@@H]1C(=O)NS(=O)(=O)c1ccc2c(c1)N(C)CCC2. The van der Waals surface area contributed by atoms with Gasteiger partial charge in [-0.15, -0.1) is 0 Å². The molecule has 0 bridgehead atoms. The van der Waals surface area contributed by atoms with Crippen LogP contribution in [0.2, 0.25) is 0 Å². The first-order valence-corrected chi connectivity index (χ1v) is 9.81. The number of anilines is 1. The van der Waals surface area contributed by atoms with Gasteiger partial charge in [-0.2, -0.15) is 0 Å². The number of amides is 2. The minimum atomic E-state index is -3.94. The van der Waals surface area contributed by atoms with E-state index in [-0.39, 0.29) is 10.8 Å². The van der Waals surface area contributed by atoms with E-state index in [1.807, 2.05) is 11.9 Å². The van der Waals surface area contributed by atoms with Crippen LogP contribution >= 0.6 is 0 Å². The number of fused-ring (bicyclic) bond motifs is 1. The van der Waals surface area contributed by atoms with Gasteiger partial charge in [0.25, 0.3) is 10.0 Å². The molecule has 2 aliphatic rings. The van der Waals surface area contributed by atoms with Crippen LogP contribution in [0.15, 0.2) is 23.1 Å². The average molecular weight is 365 g/mol. The Morgan fingerprint density at radius 2 is 1.96 bits per heavy atom. The third-order valence-electron chi connectivity index (χ3n) is 4.84. The van der Waals surface area contributed by atoms with E-state index < -0.39 is 27.8 Å². The number of benzene rings is 1. The Morgan fingerprint density at radius 1 is 1.24 bits per heavy atom. The third-order valence-corrected chi connectivity index (χ3v) is 6.18. The van der Waals surface area contributed by atoms with Gasteiger partial charge in [0.15, 0.2) is 0 Å². The van der Waals surface area contributed by atoms with Crippen molar-refractivity contribution in [2.75, 3.05) is 32.6 Å². The molecule has 1 heterocycles. The van der Waals surface area contributed by atoms with Crippen molar-refractivity contribution in [3.63, 3.8) is 0 Å². The molecule has 1 fully saturated rings. The first-order valence-electron chi connectivity index (χ1n) is 8.32. The molecule has 25 heavy (non-hydrogen) atoms. The fourth-order valence-corrected chi connectivity index (χ4v) is 4.31. The molecule has 0 aromatic heterocycles.